The second kappa shape index (κ2) is 4.98. The molecule has 1 amide bonds. The number of furan rings is 1. The molecule has 116 valence electrons. The number of carbonyl (C=O) groups excluding carboxylic acids is 1. The van der Waals surface area contributed by atoms with Gasteiger partial charge in [-0.05, 0) is 13.8 Å². The number of aromatic nitrogens is 1. The van der Waals surface area contributed by atoms with E-state index in [2.05, 4.69) is 10.1 Å². The van der Waals surface area contributed by atoms with E-state index in [1.807, 2.05) is 24.8 Å². The summed E-state index contributed by atoms with van der Waals surface area (Å²) in [6.07, 6.45) is 3.25. The molecular weight excluding hydrogens is 282 g/mol. The Hall–Kier alpha value is -2.08. The fourth-order valence-corrected chi connectivity index (χ4v) is 3.67. The van der Waals surface area contributed by atoms with Gasteiger partial charge in [0.05, 0.1) is 23.6 Å². The standard InChI is InChI=1S/C16H19N3O3/c1-10-14(11(2)22-17-10)7-18-5-12-6-19(13-3-4-21-9-13)16(20)15(12)8-18/h3-4,9,12,15H,5-8H2,1-2H3/t12-,15-/m0/s1. The SMILES string of the molecule is Cc1noc(C)c1CN1C[C@H]2CN(c3ccoc3)C(=O)[C@H]2C1. The van der Waals surface area contributed by atoms with E-state index < -0.39 is 0 Å². The minimum atomic E-state index is 0.0929. The Kier molecular flexibility index (Phi) is 3.07. The molecule has 2 saturated heterocycles. The first-order chi connectivity index (χ1) is 10.6. The van der Waals surface area contributed by atoms with Crippen LogP contribution >= 0.6 is 0 Å². The smallest absolute Gasteiger partial charge is 0.231 e. The van der Waals surface area contributed by atoms with Crippen molar-refractivity contribution in [2.75, 3.05) is 24.5 Å². The van der Waals surface area contributed by atoms with Gasteiger partial charge in [0, 0.05) is 43.7 Å². The number of amides is 1. The van der Waals surface area contributed by atoms with Crippen LogP contribution in [0.1, 0.15) is 17.0 Å². The lowest BCUT2D eigenvalue weighted by molar-refractivity contribution is -0.120. The van der Waals surface area contributed by atoms with Crippen molar-refractivity contribution in [1.82, 2.24) is 10.1 Å². The molecular formula is C16H19N3O3. The third kappa shape index (κ3) is 2.06. The molecule has 2 atom stereocenters. The van der Waals surface area contributed by atoms with Crippen LogP contribution < -0.4 is 4.90 Å². The lowest BCUT2D eigenvalue weighted by Crippen LogP contribution is -2.32. The maximum absolute atomic E-state index is 12.6. The Morgan fingerprint density at radius 1 is 1.32 bits per heavy atom. The zero-order valence-corrected chi connectivity index (χ0v) is 12.8. The summed E-state index contributed by atoms with van der Waals surface area (Å²) in [6, 6.07) is 1.85. The second-order valence-electron chi connectivity index (χ2n) is 6.29. The lowest BCUT2D eigenvalue weighted by atomic mass is 10.0. The molecule has 0 aliphatic carbocycles. The van der Waals surface area contributed by atoms with Crippen molar-refractivity contribution in [3.8, 4) is 0 Å². The minimum Gasteiger partial charge on any atom is -0.470 e. The van der Waals surface area contributed by atoms with Gasteiger partial charge in [-0.25, -0.2) is 0 Å². The highest BCUT2D eigenvalue weighted by Crippen LogP contribution is 2.36. The predicted molar refractivity (Wildman–Crippen MR) is 79.3 cm³/mol. The molecule has 0 saturated carbocycles. The van der Waals surface area contributed by atoms with Crippen LogP contribution in [0.4, 0.5) is 5.69 Å². The Bertz CT molecular complexity index is 672. The molecule has 2 aliphatic heterocycles. The van der Waals surface area contributed by atoms with Crippen molar-refractivity contribution in [2.45, 2.75) is 20.4 Å². The van der Waals surface area contributed by atoms with Gasteiger partial charge in [0.25, 0.3) is 0 Å². The number of rotatable bonds is 3. The van der Waals surface area contributed by atoms with E-state index in [4.69, 9.17) is 8.94 Å². The van der Waals surface area contributed by atoms with Crippen LogP contribution in [0.25, 0.3) is 0 Å². The molecule has 2 aromatic heterocycles. The highest BCUT2D eigenvalue weighted by Gasteiger charge is 2.46. The Morgan fingerprint density at radius 2 is 2.18 bits per heavy atom. The molecule has 2 aromatic rings. The zero-order chi connectivity index (χ0) is 15.3. The lowest BCUT2D eigenvalue weighted by Gasteiger charge is -2.20. The Balaban J connectivity index is 1.46. The average molecular weight is 301 g/mol. The Morgan fingerprint density at radius 3 is 2.82 bits per heavy atom. The van der Waals surface area contributed by atoms with E-state index in [1.54, 1.807) is 12.5 Å². The maximum Gasteiger partial charge on any atom is 0.231 e. The van der Waals surface area contributed by atoms with Crippen LogP contribution in [-0.4, -0.2) is 35.6 Å². The van der Waals surface area contributed by atoms with Gasteiger partial charge in [0.2, 0.25) is 5.91 Å². The summed E-state index contributed by atoms with van der Waals surface area (Å²) < 4.78 is 10.3. The van der Waals surface area contributed by atoms with Crippen molar-refractivity contribution in [1.29, 1.82) is 0 Å². The van der Waals surface area contributed by atoms with Crippen LogP contribution in [0.3, 0.4) is 0 Å². The molecule has 2 fully saturated rings. The van der Waals surface area contributed by atoms with Gasteiger partial charge >= 0.3 is 0 Å². The van der Waals surface area contributed by atoms with Crippen LogP contribution in [0, 0.1) is 25.7 Å². The highest BCUT2D eigenvalue weighted by atomic mass is 16.5. The topological polar surface area (TPSA) is 62.7 Å². The molecule has 22 heavy (non-hydrogen) atoms. The number of aryl methyl sites for hydroxylation is 2. The molecule has 0 N–H and O–H groups in total. The third-order valence-corrected chi connectivity index (χ3v) is 4.90. The number of fused-ring (bicyclic) bond motifs is 1. The van der Waals surface area contributed by atoms with Gasteiger partial charge in [0.1, 0.15) is 12.0 Å². The molecule has 6 nitrogen and oxygen atoms in total. The summed E-state index contributed by atoms with van der Waals surface area (Å²) in [6.45, 7) is 7.25. The molecule has 0 spiro atoms. The first kappa shape index (κ1) is 13.6. The summed E-state index contributed by atoms with van der Waals surface area (Å²) >= 11 is 0. The molecule has 2 aliphatic rings. The fraction of sp³-hybridized carbons (Fsp3) is 0.500. The summed E-state index contributed by atoms with van der Waals surface area (Å²) in [5, 5.41) is 4.00. The first-order valence-electron chi connectivity index (χ1n) is 7.61. The van der Waals surface area contributed by atoms with Crippen molar-refractivity contribution < 1.29 is 13.7 Å². The number of likely N-dealkylation sites (tertiary alicyclic amines) is 1. The largest absolute Gasteiger partial charge is 0.470 e. The predicted octanol–water partition coefficient (Wildman–Crippen LogP) is 1.98. The molecule has 4 rings (SSSR count). The van der Waals surface area contributed by atoms with E-state index >= 15 is 0 Å². The van der Waals surface area contributed by atoms with Crippen molar-refractivity contribution >= 4 is 11.6 Å². The third-order valence-electron chi connectivity index (χ3n) is 4.90. The fourth-order valence-electron chi connectivity index (χ4n) is 3.67. The summed E-state index contributed by atoms with van der Waals surface area (Å²) in [5.41, 5.74) is 2.97. The second-order valence-corrected chi connectivity index (χ2v) is 6.29. The molecule has 6 heteroatoms. The van der Waals surface area contributed by atoms with E-state index in [9.17, 15) is 4.79 Å². The van der Waals surface area contributed by atoms with Crippen molar-refractivity contribution in [2.24, 2.45) is 11.8 Å². The minimum absolute atomic E-state index is 0.0929. The van der Waals surface area contributed by atoms with Gasteiger partial charge in [-0.3, -0.25) is 9.69 Å². The Labute approximate surface area is 128 Å². The van der Waals surface area contributed by atoms with E-state index in [1.165, 1.54) is 0 Å². The van der Waals surface area contributed by atoms with Gasteiger partial charge in [-0.2, -0.15) is 0 Å². The quantitative estimate of drug-likeness (QED) is 0.867. The van der Waals surface area contributed by atoms with Crippen molar-refractivity contribution in [3.05, 3.63) is 35.6 Å². The number of nitrogens with zero attached hydrogens (tertiary/aromatic N) is 3. The number of hydrogen-bond donors (Lipinski definition) is 0. The van der Waals surface area contributed by atoms with E-state index in [-0.39, 0.29) is 11.8 Å². The molecule has 0 bridgehead atoms. The first-order valence-corrected chi connectivity index (χ1v) is 7.61. The number of carbonyl (C=O) groups is 1. The van der Waals surface area contributed by atoms with E-state index in [0.29, 0.717) is 5.92 Å². The number of hydrogen-bond acceptors (Lipinski definition) is 5. The van der Waals surface area contributed by atoms with Crippen LogP contribution in [0.5, 0.6) is 0 Å². The zero-order valence-electron chi connectivity index (χ0n) is 12.8. The molecule has 0 aromatic carbocycles. The van der Waals surface area contributed by atoms with Gasteiger partial charge in [-0.1, -0.05) is 5.16 Å². The highest BCUT2D eigenvalue weighted by molar-refractivity contribution is 5.97. The maximum atomic E-state index is 12.6. The summed E-state index contributed by atoms with van der Waals surface area (Å²) in [4.78, 5) is 16.8. The summed E-state index contributed by atoms with van der Waals surface area (Å²) in [7, 11) is 0. The average Bonchev–Trinajstić information content (AvgIpc) is 3.23. The summed E-state index contributed by atoms with van der Waals surface area (Å²) in [5.74, 6) is 1.58. The van der Waals surface area contributed by atoms with Gasteiger partial charge in [-0.15, -0.1) is 0 Å². The van der Waals surface area contributed by atoms with E-state index in [0.717, 1.165) is 48.9 Å². The van der Waals surface area contributed by atoms with Gasteiger partial charge in [0.15, 0.2) is 0 Å². The molecule has 0 radical (unpaired) electrons. The monoisotopic (exact) mass is 301 g/mol. The normalized spacial score (nSPS) is 25.2. The number of anilines is 1. The molecule has 4 heterocycles. The van der Waals surface area contributed by atoms with Crippen LogP contribution in [0.15, 0.2) is 27.5 Å². The van der Waals surface area contributed by atoms with Crippen molar-refractivity contribution in [3.63, 3.8) is 0 Å². The van der Waals surface area contributed by atoms with Gasteiger partial charge < -0.3 is 13.8 Å². The van der Waals surface area contributed by atoms with Crippen LogP contribution in [-0.2, 0) is 11.3 Å². The van der Waals surface area contributed by atoms with Crippen LogP contribution in [0.2, 0.25) is 0 Å². The molecule has 0 unspecified atom stereocenters.